The molecular weight excluding hydrogens is 184 g/mol. The maximum Gasteiger partial charge on any atom is 0.133 e. The molecule has 1 aliphatic carbocycles. The maximum atomic E-state index is 11.1. The first-order valence-corrected chi connectivity index (χ1v) is 6.41. The molecule has 0 bridgehead atoms. The summed E-state index contributed by atoms with van der Waals surface area (Å²) in [5.41, 5.74) is 1.49. The van der Waals surface area contributed by atoms with Crippen molar-refractivity contribution in [3.63, 3.8) is 0 Å². The summed E-state index contributed by atoms with van der Waals surface area (Å²) in [6, 6.07) is 0. The van der Waals surface area contributed by atoms with E-state index < -0.39 is 0 Å². The van der Waals surface area contributed by atoms with Crippen molar-refractivity contribution >= 4 is 5.78 Å². The number of rotatable bonds is 6. The number of hydrogen-bond acceptors (Lipinski definition) is 1. The topological polar surface area (TPSA) is 17.1 Å². The molecule has 15 heavy (non-hydrogen) atoms. The molecule has 1 rings (SSSR count). The van der Waals surface area contributed by atoms with E-state index in [4.69, 9.17) is 0 Å². The lowest BCUT2D eigenvalue weighted by Crippen LogP contribution is -1.92. The van der Waals surface area contributed by atoms with Gasteiger partial charge in [0.05, 0.1) is 0 Å². The Morgan fingerprint density at radius 3 is 2.80 bits per heavy atom. The highest BCUT2D eigenvalue weighted by Gasteiger charge is 2.19. The second-order valence-corrected chi connectivity index (χ2v) is 4.87. The average Bonchev–Trinajstić information content (AvgIpc) is 2.59. The fourth-order valence-electron chi connectivity index (χ4n) is 2.30. The molecule has 1 unspecified atom stereocenters. The van der Waals surface area contributed by atoms with Crippen LogP contribution >= 0.6 is 0 Å². The predicted molar refractivity (Wildman–Crippen MR) is 64.9 cm³/mol. The molecule has 1 atom stereocenters. The summed E-state index contributed by atoms with van der Waals surface area (Å²) >= 11 is 0. The zero-order valence-corrected chi connectivity index (χ0v) is 10.2. The minimum atomic E-state index is 0.454. The number of carbonyl (C=O) groups is 1. The minimum absolute atomic E-state index is 0.454. The van der Waals surface area contributed by atoms with Crippen LogP contribution < -0.4 is 0 Å². The zero-order valence-electron chi connectivity index (χ0n) is 10.2. The zero-order chi connectivity index (χ0) is 11.1. The van der Waals surface area contributed by atoms with E-state index in [1.165, 1.54) is 37.7 Å². The highest BCUT2D eigenvalue weighted by atomic mass is 16.1. The average molecular weight is 208 g/mol. The van der Waals surface area contributed by atoms with Gasteiger partial charge in [0.2, 0.25) is 0 Å². The smallest absolute Gasteiger partial charge is 0.133 e. The lowest BCUT2D eigenvalue weighted by atomic mass is 10.0. The third kappa shape index (κ3) is 5.15. The summed E-state index contributed by atoms with van der Waals surface area (Å²) in [4.78, 5) is 11.1. The molecule has 0 aromatic heterocycles. The van der Waals surface area contributed by atoms with Gasteiger partial charge in [-0.3, -0.25) is 4.79 Å². The summed E-state index contributed by atoms with van der Waals surface area (Å²) in [6.45, 7) is 4.46. The Morgan fingerprint density at radius 1 is 1.40 bits per heavy atom. The quantitative estimate of drug-likeness (QED) is 0.470. The highest BCUT2D eigenvalue weighted by Crippen LogP contribution is 2.25. The van der Waals surface area contributed by atoms with Crippen molar-refractivity contribution in [2.75, 3.05) is 0 Å². The molecule has 1 fully saturated rings. The van der Waals surface area contributed by atoms with E-state index in [0.717, 1.165) is 19.3 Å². The lowest BCUT2D eigenvalue weighted by molar-refractivity contribution is -0.117. The van der Waals surface area contributed by atoms with Crippen LogP contribution in [0, 0.1) is 5.92 Å². The fourth-order valence-corrected chi connectivity index (χ4v) is 2.30. The van der Waals surface area contributed by atoms with Crippen LogP contribution in [0.2, 0.25) is 0 Å². The molecule has 0 aliphatic heterocycles. The molecule has 1 saturated carbocycles. The van der Waals surface area contributed by atoms with Gasteiger partial charge in [-0.2, -0.15) is 0 Å². The van der Waals surface area contributed by atoms with Crippen LogP contribution in [0.3, 0.4) is 0 Å². The first kappa shape index (κ1) is 12.5. The van der Waals surface area contributed by atoms with Crippen molar-refractivity contribution in [2.24, 2.45) is 5.92 Å². The van der Waals surface area contributed by atoms with E-state index in [0.29, 0.717) is 11.7 Å². The molecule has 0 radical (unpaired) electrons. The normalized spacial score (nSPS) is 22.4. The van der Waals surface area contributed by atoms with Gasteiger partial charge < -0.3 is 0 Å². The minimum Gasteiger partial charge on any atom is -0.300 e. The largest absolute Gasteiger partial charge is 0.300 e. The van der Waals surface area contributed by atoms with Crippen LogP contribution in [0.1, 0.15) is 65.2 Å². The van der Waals surface area contributed by atoms with E-state index in [-0.39, 0.29) is 0 Å². The summed E-state index contributed by atoms with van der Waals surface area (Å²) in [7, 11) is 0. The molecule has 0 amide bonds. The monoisotopic (exact) mass is 208 g/mol. The second kappa shape index (κ2) is 6.81. The molecule has 0 N–H and O–H groups in total. The SMILES string of the molecule is CCCCCC/C(C)=C/C1CCC(=O)C1. The molecule has 0 spiro atoms. The van der Waals surface area contributed by atoms with E-state index in [1.54, 1.807) is 0 Å². The first-order valence-electron chi connectivity index (χ1n) is 6.41. The standard InChI is InChI=1S/C14H24O/c1-3-4-5-6-7-12(2)10-13-8-9-14(15)11-13/h10,13H,3-9,11H2,1-2H3/b12-10+. The van der Waals surface area contributed by atoms with Gasteiger partial charge in [0, 0.05) is 12.8 Å². The number of hydrogen-bond donors (Lipinski definition) is 0. The van der Waals surface area contributed by atoms with E-state index in [2.05, 4.69) is 19.9 Å². The molecular formula is C14H24O. The summed E-state index contributed by atoms with van der Waals surface area (Å²) < 4.78 is 0. The molecule has 0 saturated heterocycles. The van der Waals surface area contributed by atoms with Crippen LogP contribution in [-0.4, -0.2) is 5.78 Å². The summed E-state index contributed by atoms with van der Waals surface area (Å²) in [6.07, 6.45) is 11.6. The summed E-state index contributed by atoms with van der Waals surface area (Å²) in [5.74, 6) is 1.01. The van der Waals surface area contributed by atoms with Gasteiger partial charge in [-0.25, -0.2) is 0 Å². The number of ketones is 1. The van der Waals surface area contributed by atoms with Crippen molar-refractivity contribution in [1.29, 1.82) is 0 Å². The Labute approximate surface area is 93.9 Å². The third-order valence-corrected chi connectivity index (χ3v) is 3.23. The van der Waals surface area contributed by atoms with Gasteiger partial charge in [-0.05, 0) is 32.1 Å². The Morgan fingerprint density at radius 2 is 2.20 bits per heavy atom. The van der Waals surface area contributed by atoms with Gasteiger partial charge in [-0.15, -0.1) is 0 Å². The lowest BCUT2D eigenvalue weighted by Gasteiger charge is -2.05. The van der Waals surface area contributed by atoms with Crippen molar-refractivity contribution in [3.05, 3.63) is 11.6 Å². The van der Waals surface area contributed by atoms with Gasteiger partial charge in [0.1, 0.15) is 5.78 Å². The Hall–Kier alpha value is -0.590. The number of unbranched alkanes of at least 4 members (excludes halogenated alkanes) is 3. The first-order chi connectivity index (χ1) is 7.22. The van der Waals surface area contributed by atoms with Gasteiger partial charge in [0.15, 0.2) is 0 Å². The molecule has 1 nitrogen and oxygen atoms in total. The van der Waals surface area contributed by atoms with Crippen molar-refractivity contribution in [3.8, 4) is 0 Å². The van der Waals surface area contributed by atoms with Crippen molar-refractivity contribution < 1.29 is 4.79 Å². The Bertz CT molecular complexity index is 227. The number of allylic oxidation sites excluding steroid dienone is 2. The molecule has 0 heterocycles. The summed E-state index contributed by atoms with van der Waals surface area (Å²) in [5, 5.41) is 0. The second-order valence-electron chi connectivity index (χ2n) is 4.87. The van der Waals surface area contributed by atoms with Crippen LogP contribution in [-0.2, 0) is 4.79 Å². The molecule has 86 valence electrons. The molecule has 1 aliphatic rings. The van der Waals surface area contributed by atoms with Gasteiger partial charge in [-0.1, -0.05) is 37.8 Å². The van der Waals surface area contributed by atoms with Crippen LogP contribution in [0.15, 0.2) is 11.6 Å². The van der Waals surface area contributed by atoms with Crippen LogP contribution in [0.4, 0.5) is 0 Å². The van der Waals surface area contributed by atoms with Crippen LogP contribution in [0.5, 0.6) is 0 Å². The Balaban J connectivity index is 2.18. The molecule has 1 heteroatoms. The van der Waals surface area contributed by atoms with Crippen molar-refractivity contribution in [2.45, 2.75) is 65.2 Å². The van der Waals surface area contributed by atoms with Gasteiger partial charge >= 0.3 is 0 Å². The fraction of sp³-hybridized carbons (Fsp3) is 0.786. The Kier molecular flexibility index (Phi) is 5.67. The van der Waals surface area contributed by atoms with E-state index in [1.807, 2.05) is 0 Å². The van der Waals surface area contributed by atoms with Crippen LogP contribution in [0.25, 0.3) is 0 Å². The maximum absolute atomic E-state index is 11.1. The molecule has 0 aromatic carbocycles. The predicted octanol–water partition coefficient (Wildman–Crippen LogP) is 4.27. The number of Topliss-reactive ketones (excluding diaryl/α,β-unsaturated/α-hetero) is 1. The third-order valence-electron chi connectivity index (χ3n) is 3.23. The number of carbonyl (C=O) groups excluding carboxylic acids is 1. The van der Waals surface area contributed by atoms with Gasteiger partial charge in [0.25, 0.3) is 0 Å². The van der Waals surface area contributed by atoms with E-state index in [9.17, 15) is 4.79 Å². The highest BCUT2D eigenvalue weighted by molar-refractivity contribution is 5.80. The van der Waals surface area contributed by atoms with E-state index >= 15 is 0 Å². The van der Waals surface area contributed by atoms with Crippen molar-refractivity contribution in [1.82, 2.24) is 0 Å². The molecule has 0 aromatic rings.